The highest BCUT2D eigenvalue weighted by Crippen LogP contribution is 2.30. The number of ether oxygens (including phenoxy) is 1. The van der Waals surface area contributed by atoms with E-state index in [-0.39, 0.29) is 19.0 Å². The summed E-state index contributed by atoms with van der Waals surface area (Å²) in [5.41, 5.74) is 0.696. The summed E-state index contributed by atoms with van der Waals surface area (Å²) in [6.07, 6.45) is -0.475. The number of benzene rings is 1. The number of nitrogens with one attached hydrogen (secondary N) is 1. The fourth-order valence-corrected chi connectivity index (χ4v) is 3.64. The van der Waals surface area contributed by atoms with Crippen LogP contribution in [0, 0.1) is 5.82 Å². The highest BCUT2D eigenvalue weighted by molar-refractivity contribution is 7.14. The van der Waals surface area contributed by atoms with Gasteiger partial charge in [0.15, 0.2) is 5.01 Å². The fraction of sp³-hybridized carbons (Fsp3) is 0.375. The summed E-state index contributed by atoms with van der Waals surface area (Å²) in [6, 6.07) is 4.45. The molecule has 2 heterocycles. The minimum absolute atomic E-state index is 0.208. The first-order valence-corrected chi connectivity index (χ1v) is 9.24. The predicted molar refractivity (Wildman–Crippen MR) is 96.0 cm³/mol. The minimum Gasteiger partial charge on any atom is -0.442 e. The minimum atomic E-state index is -0.576. The molecular weight excluding hydrogens is 383 g/mol. The molecule has 0 radical (unpaired) electrons. The van der Waals surface area contributed by atoms with Crippen LogP contribution in [0.3, 0.4) is 0 Å². The van der Waals surface area contributed by atoms with Crippen LogP contribution >= 0.6 is 22.9 Å². The van der Waals surface area contributed by atoms with Crippen molar-refractivity contribution in [1.82, 2.24) is 15.5 Å². The second-order valence-corrected chi connectivity index (χ2v) is 7.10. The second kappa shape index (κ2) is 7.96. The lowest BCUT2D eigenvalue weighted by Gasteiger charge is -2.14. The van der Waals surface area contributed by atoms with E-state index in [4.69, 9.17) is 16.3 Å². The van der Waals surface area contributed by atoms with Gasteiger partial charge in [0.2, 0.25) is 5.91 Å². The van der Waals surface area contributed by atoms with Gasteiger partial charge in [-0.25, -0.2) is 9.18 Å². The molecule has 1 fully saturated rings. The Balaban J connectivity index is 1.74. The maximum absolute atomic E-state index is 14.5. The van der Waals surface area contributed by atoms with Crippen LogP contribution in [-0.4, -0.2) is 47.3 Å². The van der Waals surface area contributed by atoms with Gasteiger partial charge in [0.1, 0.15) is 16.9 Å². The molecule has 1 aliphatic heterocycles. The Morgan fingerprint density at radius 3 is 3.00 bits per heavy atom. The summed E-state index contributed by atoms with van der Waals surface area (Å²) in [6.45, 7) is 1.83. The standard InChI is InChI=1S/C16H16ClFN4O3S/c1-9(23)19-7-11-8-22(16(24)25-11)10-2-3-12(13(18)6-10)15-21-20-14(26-15)4-5-17/h2-3,6,11H,4-5,7-8H2,1H3,(H,19,23). The van der Waals surface area contributed by atoms with Crippen LogP contribution in [0.15, 0.2) is 18.2 Å². The van der Waals surface area contributed by atoms with E-state index < -0.39 is 18.0 Å². The van der Waals surface area contributed by atoms with Gasteiger partial charge >= 0.3 is 6.09 Å². The van der Waals surface area contributed by atoms with Crippen molar-refractivity contribution in [3.8, 4) is 10.6 Å². The average molecular weight is 399 g/mol. The van der Waals surface area contributed by atoms with Crippen molar-refractivity contribution in [3.05, 3.63) is 29.0 Å². The Labute approximate surface area is 158 Å². The van der Waals surface area contributed by atoms with Gasteiger partial charge in [0.05, 0.1) is 18.8 Å². The monoisotopic (exact) mass is 398 g/mol. The molecule has 26 heavy (non-hydrogen) atoms. The van der Waals surface area contributed by atoms with Crippen molar-refractivity contribution >= 4 is 40.6 Å². The summed E-state index contributed by atoms with van der Waals surface area (Å²) < 4.78 is 19.7. The number of hydrogen-bond acceptors (Lipinski definition) is 6. The highest BCUT2D eigenvalue weighted by Gasteiger charge is 2.32. The number of anilines is 1. The number of aryl methyl sites for hydroxylation is 1. The maximum Gasteiger partial charge on any atom is 0.414 e. The topological polar surface area (TPSA) is 84.4 Å². The van der Waals surface area contributed by atoms with Crippen LogP contribution in [0.1, 0.15) is 11.9 Å². The summed E-state index contributed by atoms with van der Waals surface area (Å²) in [5, 5.41) is 11.8. The molecule has 138 valence electrons. The molecule has 2 amide bonds. The normalized spacial score (nSPS) is 16.7. The Bertz CT molecular complexity index is 832. The van der Waals surface area contributed by atoms with Gasteiger partial charge in [-0.1, -0.05) is 11.3 Å². The third-order valence-electron chi connectivity index (χ3n) is 3.72. The quantitative estimate of drug-likeness (QED) is 0.756. The number of nitrogens with zero attached hydrogens (tertiary/aromatic N) is 3. The van der Waals surface area contributed by atoms with Gasteiger partial charge in [0.25, 0.3) is 0 Å². The Kier molecular flexibility index (Phi) is 5.67. The smallest absolute Gasteiger partial charge is 0.414 e. The summed E-state index contributed by atoms with van der Waals surface area (Å²) in [4.78, 5) is 24.3. The molecule has 1 atom stereocenters. The maximum atomic E-state index is 14.5. The predicted octanol–water partition coefficient (Wildman–Crippen LogP) is 2.59. The molecule has 1 aromatic carbocycles. The molecule has 1 N–H and O–H groups in total. The van der Waals surface area contributed by atoms with E-state index in [1.165, 1.54) is 29.2 Å². The second-order valence-electron chi connectivity index (χ2n) is 5.66. The number of rotatable bonds is 6. The van der Waals surface area contributed by atoms with Crippen LogP contribution in [0.2, 0.25) is 0 Å². The van der Waals surface area contributed by atoms with Crippen molar-refractivity contribution in [2.24, 2.45) is 0 Å². The van der Waals surface area contributed by atoms with Crippen LogP contribution in [0.5, 0.6) is 0 Å². The molecule has 1 unspecified atom stereocenters. The zero-order chi connectivity index (χ0) is 18.7. The number of halogens is 2. The number of carbonyl (C=O) groups excluding carboxylic acids is 2. The number of amides is 2. The first-order chi connectivity index (χ1) is 12.5. The van der Waals surface area contributed by atoms with E-state index >= 15 is 0 Å². The van der Waals surface area contributed by atoms with Crippen molar-refractivity contribution in [2.45, 2.75) is 19.4 Å². The first-order valence-electron chi connectivity index (χ1n) is 7.88. The lowest BCUT2D eigenvalue weighted by Crippen LogP contribution is -2.33. The van der Waals surface area contributed by atoms with Gasteiger partial charge in [-0.05, 0) is 18.2 Å². The molecule has 10 heteroatoms. The molecule has 0 spiro atoms. The van der Waals surface area contributed by atoms with Crippen molar-refractivity contribution in [1.29, 1.82) is 0 Å². The molecule has 1 aromatic heterocycles. The van der Waals surface area contributed by atoms with Gasteiger partial charge in [-0.15, -0.1) is 21.8 Å². The first kappa shape index (κ1) is 18.5. The third-order valence-corrected chi connectivity index (χ3v) is 4.93. The van der Waals surface area contributed by atoms with Crippen molar-refractivity contribution in [3.63, 3.8) is 0 Å². The largest absolute Gasteiger partial charge is 0.442 e. The fourth-order valence-electron chi connectivity index (χ4n) is 2.49. The lowest BCUT2D eigenvalue weighted by molar-refractivity contribution is -0.119. The number of cyclic esters (lactones) is 1. The Hall–Kier alpha value is -2.26. The molecule has 3 rings (SSSR count). The van der Waals surface area contributed by atoms with E-state index in [1.807, 2.05) is 0 Å². The Morgan fingerprint density at radius 1 is 1.50 bits per heavy atom. The number of carbonyl (C=O) groups is 2. The van der Waals surface area contributed by atoms with Gasteiger partial charge in [0, 0.05) is 24.8 Å². The molecule has 0 bridgehead atoms. The van der Waals surface area contributed by atoms with E-state index in [9.17, 15) is 14.0 Å². The van der Waals surface area contributed by atoms with Gasteiger partial charge in [-0.2, -0.15) is 0 Å². The van der Waals surface area contributed by atoms with E-state index in [1.54, 1.807) is 12.1 Å². The SMILES string of the molecule is CC(=O)NCC1CN(c2ccc(-c3nnc(CCCl)s3)c(F)c2)C(=O)O1. The van der Waals surface area contributed by atoms with E-state index in [0.29, 0.717) is 28.6 Å². The lowest BCUT2D eigenvalue weighted by atomic mass is 10.2. The number of alkyl halides is 1. The third kappa shape index (κ3) is 4.10. The molecule has 2 aromatic rings. The molecule has 0 aliphatic carbocycles. The zero-order valence-corrected chi connectivity index (χ0v) is 15.4. The van der Waals surface area contributed by atoms with Crippen molar-refractivity contribution in [2.75, 3.05) is 23.9 Å². The number of hydrogen-bond donors (Lipinski definition) is 1. The molecule has 1 aliphatic rings. The summed E-state index contributed by atoms with van der Waals surface area (Å²) in [7, 11) is 0. The number of aromatic nitrogens is 2. The molecule has 0 saturated carbocycles. The molecule has 7 nitrogen and oxygen atoms in total. The highest BCUT2D eigenvalue weighted by atomic mass is 35.5. The Morgan fingerprint density at radius 2 is 2.31 bits per heavy atom. The van der Waals surface area contributed by atoms with Crippen LogP contribution in [-0.2, 0) is 16.0 Å². The van der Waals surface area contributed by atoms with Crippen LogP contribution in [0.25, 0.3) is 10.6 Å². The van der Waals surface area contributed by atoms with E-state index in [2.05, 4.69) is 15.5 Å². The van der Waals surface area contributed by atoms with Crippen LogP contribution in [0.4, 0.5) is 14.9 Å². The molecular formula is C16H16ClFN4O3S. The average Bonchev–Trinajstić information content (AvgIpc) is 3.20. The summed E-state index contributed by atoms with van der Waals surface area (Å²) >= 11 is 6.95. The molecule has 1 saturated heterocycles. The van der Waals surface area contributed by atoms with Gasteiger partial charge < -0.3 is 10.1 Å². The van der Waals surface area contributed by atoms with Crippen molar-refractivity contribution < 1.29 is 18.7 Å². The zero-order valence-electron chi connectivity index (χ0n) is 13.9. The van der Waals surface area contributed by atoms with E-state index in [0.717, 1.165) is 5.01 Å². The summed E-state index contributed by atoms with van der Waals surface area (Å²) in [5.74, 6) is -0.290. The van der Waals surface area contributed by atoms with Crippen LogP contribution < -0.4 is 10.2 Å². The van der Waals surface area contributed by atoms with Gasteiger partial charge in [-0.3, -0.25) is 9.69 Å².